The van der Waals surface area contributed by atoms with Crippen molar-refractivity contribution in [2.75, 3.05) is 11.9 Å². The van der Waals surface area contributed by atoms with E-state index in [0.29, 0.717) is 18.4 Å². The van der Waals surface area contributed by atoms with Gasteiger partial charge in [-0.3, -0.25) is 0 Å². The van der Waals surface area contributed by atoms with E-state index in [1.807, 2.05) is 31.2 Å². The topological polar surface area (TPSA) is 67.1 Å². The average Bonchev–Trinajstić information content (AvgIpc) is 2.36. The maximum Gasteiger partial charge on any atom is 0.319 e. The molecule has 0 aliphatic heterocycles. The lowest BCUT2D eigenvalue weighted by molar-refractivity contribution is 0.249. The SMILES string of the molecule is CC(N)c1ccc(NC(=O)NCC(C)C(C)C)cc1. The number of carbonyl (C=O) groups is 1. The number of nitrogens with one attached hydrogen (secondary N) is 2. The Morgan fingerprint density at radius 2 is 1.74 bits per heavy atom. The van der Waals surface area contributed by atoms with E-state index in [1.165, 1.54) is 0 Å². The summed E-state index contributed by atoms with van der Waals surface area (Å²) in [6.07, 6.45) is 0. The molecule has 0 heterocycles. The van der Waals surface area contributed by atoms with Crippen LogP contribution in [0.2, 0.25) is 0 Å². The molecule has 1 aromatic carbocycles. The molecule has 2 unspecified atom stereocenters. The summed E-state index contributed by atoms with van der Waals surface area (Å²) in [6, 6.07) is 7.43. The minimum absolute atomic E-state index is 0.00904. The number of hydrogen-bond acceptors (Lipinski definition) is 2. The molecule has 1 rings (SSSR count). The number of nitrogens with two attached hydrogens (primary N) is 1. The minimum atomic E-state index is -0.166. The predicted molar refractivity (Wildman–Crippen MR) is 80.1 cm³/mol. The summed E-state index contributed by atoms with van der Waals surface area (Å²) in [6.45, 7) is 9.04. The number of carbonyl (C=O) groups excluding carboxylic acids is 1. The molecule has 4 nitrogen and oxygen atoms in total. The third-order valence-corrected chi connectivity index (χ3v) is 3.42. The second-order valence-electron chi connectivity index (χ2n) is 5.47. The first-order valence-electron chi connectivity index (χ1n) is 6.80. The van der Waals surface area contributed by atoms with Crippen LogP contribution in [0, 0.1) is 11.8 Å². The van der Waals surface area contributed by atoms with Crippen molar-refractivity contribution in [3.05, 3.63) is 29.8 Å². The van der Waals surface area contributed by atoms with Crippen LogP contribution < -0.4 is 16.4 Å². The van der Waals surface area contributed by atoms with Crippen molar-refractivity contribution in [2.45, 2.75) is 33.7 Å². The lowest BCUT2D eigenvalue weighted by Crippen LogP contribution is -2.33. The van der Waals surface area contributed by atoms with E-state index >= 15 is 0 Å². The van der Waals surface area contributed by atoms with Gasteiger partial charge in [0.2, 0.25) is 0 Å². The van der Waals surface area contributed by atoms with E-state index in [4.69, 9.17) is 5.73 Å². The lowest BCUT2D eigenvalue weighted by Gasteiger charge is -2.16. The molecular formula is C15H25N3O. The molecule has 2 amide bonds. The fourth-order valence-electron chi connectivity index (χ4n) is 1.53. The maximum absolute atomic E-state index is 11.7. The molecule has 0 saturated carbocycles. The Balaban J connectivity index is 2.44. The summed E-state index contributed by atoms with van der Waals surface area (Å²) in [7, 11) is 0. The normalized spacial score (nSPS) is 14.0. The molecule has 0 radical (unpaired) electrons. The molecule has 4 heteroatoms. The third-order valence-electron chi connectivity index (χ3n) is 3.42. The Kier molecular flexibility index (Phi) is 5.83. The van der Waals surface area contributed by atoms with Gasteiger partial charge in [0.1, 0.15) is 0 Å². The van der Waals surface area contributed by atoms with Gasteiger partial charge in [0.05, 0.1) is 0 Å². The van der Waals surface area contributed by atoms with Crippen molar-refractivity contribution in [1.29, 1.82) is 0 Å². The molecule has 4 N–H and O–H groups in total. The molecule has 0 aliphatic carbocycles. The second-order valence-corrected chi connectivity index (χ2v) is 5.47. The van der Waals surface area contributed by atoms with Crippen LogP contribution in [0.5, 0.6) is 0 Å². The van der Waals surface area contributed by atoms with Crippen molar-refractivity contribution < 1.29 is 4.79 Å². The first-order chi connectivity index (χ1) is 8.90. The van der Waals surface area contributed by atoms with Crippen molar-refractivity contribution in [2.24, 2.45) is 17.6 Å². The molecule has 0 aliphatic rings. The van der Waals surface area contributed by atoms with Gasteiger partial charge in [-0.15, -0.1) is 0 Å². The van der Waals surface area contributed by atoms with Crippen LogP contribution in [-0.2, 0) is 0 Å². The Bertz CT molecular complexity index is 398. The van der Waals surface area contributed by atoms with Gasteiger partial charge < -0.3 is 16.4 Å². The van der Waals surface area contributed by atoms with E-state index in [-0.39, 0.29) is 12.1 Å². The quantitative estimate of drug-likeness (QED) is 0.764. The van der Waals surface area contributed by atoms with Gasteiger partial charge >= 0.3 is 6.03 Å². The van der Waals surface area contributed by atoms with Crippen molar-refractivity contribution in [3.63, 3.8) is 0 Å². The molecular weight excluding hydrogens is 238 g/mol. The largest absolute Gasteiger partial charge is 0.338 e. The number of hydrogen-bond donors (Lipinski definition) is 3. The zero-order valence-corrected chi connectivity index (χ0v) is 12.2. The Labute approximate surface area is 115 Å². The van der Waals surface area contributed by atoms with Crippen LogP contribution in [-0.4, -0.2) is 12.6 Å². The first-order valence-corrected chi connectivity index (χ1v) is 6.80. The number of benzene rings is 1. The Morgan fingerprint density at radius 3 is 2.21 bits per heavy atom. The van der Waals surface area contributed by atoms with E-state index in [2.05, 4.69) is 31.4 Å². The van der Waals surface area contributed by atoms with Gasteiger partial charge in [0, 0.05) is 18.3 Å². The zero-order valence-electron chi connectivity index (χ0n) is 12.2. The van der Waals surface area contributed by atoms with Crippen molar-refractivity contribution >= 4 is 11.7 Å². The number of anilines is 1. The van der Waals surface area contributed by atoms with Gasteiger partial charge in [-0.2, -0.15) is 0 Å². The van der Waals surface area contributed by atoms with Gasteiger partial charge in [-0.05, 0) is 36.5 Å². The standard InChI is InChI=1S/C15H25N3O/c1-10(2)11(3)9-17-15(19)18-14-7-5-13(6-8-14)12(4)16/h5-8,10-12H,9,16H2,1-4H3,(H2,17,18,19). The maximum atomic E-state index is 11.7. The highest BCUT2D eigenvalue weighted by Gasteiger charge is 2.09. The fraction of sp³-hybridized carbons (Fsp3) is 0.533. The number of amides is 2. The summed E-state index contributed by atoms with van der Waals surface area (Å²) in [4.78, 5) is 11.7. The van der Waals surface area contributed by atoms with Crippen LogP contribution in [0.25, 0.3) is 0 Å². The molecule has 2 atom stereocenters. The highest BCUT2D eigenvalue weighted by molar-refractivity contribution is 5.89. The lowest BCUT2D eigenvalue weighted by atomic mass is 9.98. The Morgan fingerprint density at radius 1 is 1.16 bits per heavy atom. The monoisotopic (exact) mass is 263 g/mol. The highest BCUT2D eigenvalue weighted by atomic mass is 16.2. The molecule has 0 aromatic heterocycles. The highest BCUT2D eigenvalue weighted by Crippen LogP contribution is 2.14. The summed E-state index contributed by atoms with van der Waals surface area (Å²) < 4.78 is 0. The summed E-state index contributed by atoms with van der Waals surface area (Å²) >= 11 is 0. The molecule has 1 aromatic rings. The first kappa shape index (κ1) is 15.5. The number of rotatable bonds is 5. The van der Waals surface area contributed by atoms with Crippen LogP contribution >= 0.6 is 0 Å². The van der Waals surface area contributed by atoms with Gasteiger partial charge in [0.15, 0.2) is 0 Å². The van der Waals surface area contributed by atoms with E-state index < -0.39 is 0 Å². The zero-order chi connectivity index (χ0) is 14.4. The summed E-state index contributed by atoms with van der Waals surface area (Å²) in [5.74, 6) is 1.02. The molecule has 106 valence electrons. The van der Waals surface area contributed by atoms with Crippen molar-refractivity contribution in [1.82, 2.24) is 5.32 Å². The average molecular weight is 263 g/mol. The Hall–Kier alpha value is -1.55. The van der Waals surface area contributed by atoms with Gasteiger partial charge in [-0.1, -0.05) is 32.9 Å². The van der Waals surface area contributed by atoms with Crippen molar-refractivity contribution in [3.8, 4) is 0 Å². The van der Waals surface area contributed by atoms with Crippen LogP contribution in [0.1, 0.15) is 39.3 Å². The van der Waals surface area contributed by atoms with E-state index in [9.17, 15) is 4.79 Å². The molecule has 0 bridgehead atoms. The predicted octanol–water partition coefficient (Wildman–Crippen LogP) is 3.12. The van der Waals surface area contributed by atoms with Crippen LogP contribution in [0.4, 0.5) is 10.5 Å². The number of urea groups is 1. The second kappa shape index (κ2) is 7.14. The molecule has 0 spiro atoms. The van der Waals surface area contributed by atoms with Gasteiger partial charge in [0.25, 0.3) is 0 Å². The summed E-state index contributed by atoms with van der Waals surface area (Å²) in [5, 5.41) is 5.69. The van der Waals surface area contributed by atoms with E-state index in [1.54, 1.807) is 0 Å². The van der Waals surface area contributed by atoms with Crippen LogP contribution in [0.3, 0.4) is 0 Å². The molecule has 0 saturated heterocycles. The van der Waals surface area contributed by atoms with Gasteiger partial charge in [-0.25, -0.2) is 4.79 Å². The van der Waals surface area contributed by atoms with Crippen LogP contribution in [0.15, 0.2) is 24.3 Å². The summed E-state index contributed by atoms with van der Waals surface area (Å²) in [5.41, 5.74) is 7.61. The molecule has 19 heavy (non-hydrogen) atoms. The smallest absolute Gasteiger partial charge is 0.319 e. The fourth-order valence-corrected chi connectivity index (χ4v) is 1.53. The third kappa shape index (κ3) is 5.30. The molecule has 0 fully saturated rings. The minimum Gasteiger partial charge on any atom is -0.338 e. The van der Waals surface area contributed by atoms with E-state index in [0.717, 1.165) is 11.3 Å².